The molecule has 1 amide bonds. The van der Waals surface area contributed by atoms with Crippen molar-refractivity contribution in [3.05, 3.63) is 36.4 Å². The fourth-order valence-electron chi connectivity index (χ4n) is 2.70. The van der Waals surface area contributed by atoms with Crippen LogP contribution in [0.5, 0.6) is 11.5 Å². The highest BCUT2D eigenvalue weighted by atomic mass is 35.5. The maximum atomic E-state index is 12.1. The van der Waals surface area contributed by atoms with Gasteiger partial charge in [-0.3, -0.25) is 4.79 Å². The molecule has 1 aliphatic heterocycles. The van der Waals surface area contributed by atoms with Gasteiger partial charge in [0.25, 0.3) is 5.91 Å². The molecular formula is C18H27ClN2O3. The van der Waals surface area contributed by atoms with Gasteiger partial charge in [-0.05, 0) is 43.0 Å². The van der Waals surface area contributed by atoms with E-state index >= 15 is 0 Å². The second kappa shape index (κ2) is 10.2. The van der Waals surface area contributed by atoms with Crippen LogP contribution in [0.3, 0.4) is 0 Å². The lowest BCUT2D eigenvalue weighted by atomic mass is 9.95. The van der Waals surface area contributed by atoms with Crippen LogP contribution in [0.25, 0.3) is 0 Å². The summed E-state index contributed by atoms with van der Waals surface area (Å²) in [6.45, 7) is 7.70. The van der Waals surface area contributed by atoms with Crippen LogP contribution >= 0.6 is 12.4 Å². The van der Waals surface area contributed by atoms with Gasteiger partial charge in [-0.15, -0.1) is 19.0 Å². The number of rotatable bonds is 7. The summed E-state index contributed by atoms with van der Waals surface area (Å²) in [7, 11) is 1.59. The van der Waals surface area contributed by atoms with Crippen LogP contribution in [0.2, 0.25) is 0 Å². The third-order valence-electron chi connectivity index (χ3n) is 4.14. The number of halogens is 1. The molecule has 134 valence electrons. The minimum Gasteiger partial charge on any atom is -0.493 e. The lowest BCUT2D eigenvalue weighted by Crippen LogP contribution is -2.51. The Morgan fingerprint density at radius 2 is 2.25 bits per heavy atom. The summed E-state index contributed by atoms with van der Waals surface area (Å²) in [5.74, 6) is 1.57. The Labute approximate surface area is 150 Å². The maximum absolute atomic E-state index is 12.1. The number of allylic oxidation sites excluding steroid dienone is 1. The summed E-state index contributed by atoms with van der Waals surface area (Å²) in [6.07, 6.45) is 3.68. The van der Waals surface area contributed by atoms with E-state index < -0.39 is 0 Å². The smallest absolute Gasteiger partial charge is 0.258 e. The minimum absolute atomic E-state index is 0. The van der Waals surface area contributed by atoms with Crippen LogP contribution in [-0.2, 0) is 11.2 Å². The zero-order chi connectivity index (χ0) is 16.7. The molecule has 1 aliphatic rings. The van der Waals surface area contributed by atoms with E-state index in [0.717, 1.165) is 31.5 Å². The molecule has 0 radical (unpaired) electrons. The maximum Gasteiger partial charge on any atom is 0.258 e. The van der Waals surface area contributed by atoms with Gasteiger partial charge in [0, 0.05) is 12.6 Å². The zero-order valence-corrected chi connectivity index (χ0v) is 15.2. The Kier molecular flexibility index (Phi) is 8.65. The Bertz CT molecular complexity index is 551. The highest BCUT2D eigenvalue weighted by Crippen LogP contribution is 2.28. The van der Waals surface area contributed by atoms with Crippen molar-refractivity contribution in [2.45, 2.75) is 25.8 Å². The molecule has 6 heteroatoms. The van der Waals surface area contributed by atoms with Gasteiger partial charge in [-0.2, -0.15) is 0 Å². The Balaban J connectivity index is 0.00000288. The third kappa shape index (κ3) is 5.73. The summed E-state index contributed by atoms with van der Waals surface area (Å²) < 4.78 is 10.9. The largest absolute Gasteiger partial charge is 0.493 e. The molecule has 0 saturated carbocycles. The number of piperidine rings is 1. The highest BCUT2D eigenvalue weighted by Gasteiger charge is 2.22. The second-order valence-corrected chi connectivity index (χ2v) is 5.91. The number of benzene rings is 1. The first-order valence-electron chi connectivity index (χ1n) is 8.04. The molecule has 2 rings (SSSR count). The number of carbonyl (C=O) groups is 1. The van der Waals surface area contributed by atoms with Crippen LogP contribution in [0.1, 0.15) is 18.9 Å². The van der Waals surface area contributed by atoms with Gasteiger partial charge in [0.2, 0.25) is 0 Å². The van der Waals surface area contributed by atoms with Gasteiger partial charge >= 0.3 is 0 Å². The summed E-state index contributed by atoms with van der Waals surface area (Å²) in [4.78, 5) is 12.1. The van der Waals surface area contributed by atoms with Crippen molar-refractivity contribution in [1.29, 1.82) is 0 Å². The van der Waals surface area contributed by atoms with E-state index in [1.807, 2.05) is 24.3 Å². The van der Waals surface area contributed by atoms with E-state index in [1.165, 1.54) is 0 Å². The Hall–Kier alpha value is -1.72. The van der Waals surface area contributed by atoms with Crippen molar-refractivity contribution in [1.82, 2.24) is 10.6 Å². The molecule has 1 heterocycles. The number of carbonyl (C=O) groups excluding carboxylic acids is 1. The molecule has 0 spiro atoms. The SMILES string of the molecule is C=CCc1ccc(OCC(=O)NC2CNCCC2C)c(OC)c1.Cl. The van der Waals surface area contributed by atoms with Crippen LogP contribution in [0.15, 0.2) is 30.9 Å². The van der Waals surface area contributed by atoms with Crippen LogP contribution in [-0.4, -0.2) is 38.8 Å². The fourth-order valence-corrected chi connectivity index (χ4v) is 2.70. The van der Waals surface area contributed by atoms with E-state index in [0.29, 0.717) is 17.4 Å². The number of amides is 1. The molecule has 2 N–H and O–H groups in total. The molecule has 1 aromatic rings. The van der Waals surface area contributed by atoms with Gasteiger partial charge in [-0.25, -0.2) is 0 Å². The van der Waals surface area contributed by atoms with Gasteiger partial charge in [0.05, 0.1) is 7.11 Å². The molecule has 0 aliphatic carbocycles. The standard InChI is InChI=1S/C18H26N2O3.ClH/c1-4-5-14-6-7-16(17(10-14)22-3)23-12-18(21)20-15-11-19-9-8-13(15)2;/h4,6-7,10,13,15,19H,1,5,8-9,11-12H2,2-3H3,(H,20,21);1H. The van der Waals surface area contributed by atoms with Gasteiger partial charge in [0.1, 0.15) is 0 Å². The summed E-state index contributed by atoms with van der Waals surface area (Å²) in [6, 6.07) is 5.85. The molecule has 24 heavy (non-hydrogen) atoms. The summed E-state index contributed by atoms with van der Waals surface area (Å²) in [5, 5.41) is 6.32. The van der Waals surface area contributed by atoms with E-state index in [1.54, 1.807) is 7.11 Å². The quantitative estimate of drug-likeness (QED) is 0.738. The van der Waals surface area contributed by atoms with Crippen molar-refractivity contribution >= 4 is 18.3 Å². The predicted molar refractivity (Wildman–Crippen MR) is 98.2 cm³/mol. The monoisotopic (exact) mass is 354 g/mol. The summed E-state index contributed by atoms with van der Waals surface area (Å²) >= 11 is 0. The molecule has 1 aromatic carbocycles. The normalized spacial score (nSPS) is 19.8. The topological polar surface area (TPSA) is 59.6 Å². The van der Waals surface area contributed by atoms with Crippen molar-refractivity contribution in [3.63, 3.8) is 0 Å². The second-order valence-electron chi connectivity index (χ2n) is 5.91. The number of methoxy groups -OCH3 is 1. The van der Waals surface area contributed by atoms with E-state index in [2.05, 4.69) is 24.1 Å². The number of hydrogen-bond acceptors (Lipinski definition) is 4. The van der Waals surface area contributed by atoms with Crippen LogP contribution < -0.4 is 20.1 Å². The highest BCUT2D eigenvalue weighted by molar-refractivity contribution is 5.85. The molecule has 1 saturated heterocycles. The molecular weight excluding hydrogens is 328 g/mol. The Morgan fingerprint density at radius 3 is 2.92 bits per heavy atom. The van der Waals surface area contributed by atoms with E-state index in [9.17, 15) is 4.79 Å². The molecule has 2 atom stereocenters. The molecule has 0 aromatic heterocycles. The number of ether oxygens (including phenoxy) is 2. The fraction of sp³-hybridized carbons (Fsp3) is 0.500. The Morgan fingerprint density at radius 1 is 1.46 bits per heavy atom. The lowest BCUT2D eigenvalue weighted by Gasteiger charge is -2.30. The predicted octanol–water partition coefficient (Wildman–Crippen LogP) is 2.34. The van der Waals surface area contributed by atoms with Gasteiger partial charge < -0.3 is 20.1 Å². The van der Waals surface area contributed by atoms with Crippen molar-refractivity contribution in [2.75, 3.05) is 26.8 Å². The average molecular weight is 355 g/mol. The van der Waals surface area contributed by atoms with Crippen molar-refractivity contribution < 1.29 is 14.3 Å². The molecule has 5 nitrogen and oxygen atoms in total. The number of hydrogen-bond donors (Lipinski definition) is 2. The summed E-state index contributed by atoms with van der Waals surface area (Å²) in [5.41, 5.74) is 1.09. The lowest BCUT2D eigenvalue weighted by molar-refractivity contribution is -0.124. The molecule has 0 bridgehead atoms. The zero-order valence-electron chi connectivity index (χ0n) is 14.3. The van der Waals surface area contributed by atoms with Crippen molar-refractivity contribution in [3.8, 4) is 11.5 Å². The molecule has 2 unspecified atom stereocenters. The average Bonchev–Trinajstić information content (AvgIpc) is 2.56. The van der Waals surface area contributed by atoms with Crippen molar-refractivity contribution in [2.24, 2.45) is 5.92 Å². The first-order valence-corrected chi connectivity index (χ1v) is 8.04. The molecule has 1 fully saturated rings. The van der Waals surface area contributed by atoms with E-state index in [4.69, 9.17) is 9.47 Å². The third-order valence-corrected chi connectivity index (χ3v) is 4.14. The first-order chi connectivity index (χ1) is 11.1. The van der Waals surface area contributed by atoms with Crippen LogP contribution in [0, 0.1) is 5.92 Å². The van der Waals surface area contributed by atoms with Gasteiger partial charge in [0.15, 0.2) is 18.1 Å². The van der Waals surface area contributed by atoms with E-state index in [-0.39, 0.29) is 31.0 Å². The minimum atomic E-state index is -0.109. The first kappa shape index (κ1) is 20.3. The van der Waals surface area contributed by atoms with Gasteiger partial charge in [-0.1, -0.05) is 19.1 Å². The van der Waals surface area contributed by atoms with Crippen LogP contribution in [0.4, 0.5) is 0 Å². The number of nitrogens with one attached hydrogen (secondary N) is 2.